The van der Waals surface area contributed by atoms with E-state index in [1.165, 1.54) is 11.3 Å². The number of pyridine rings is 1. The highest BCUT2D eigenvalue weighted by atomic mass is 32.1. The van der Waals surface area contributed by atoms with Crippen molar-refractivity contribution in [2.24, 2.45) is 10.7 Å². The predicted molar refractivity (Wildman–Crippen MR) is 142 cm³/mol. The molecule has 3 N–H and O–H groups in total. The molecule has 5 rings (SSSR count). The molecule has 0 spiro atoms. The molecule has 0 bridgehead atoms. The Morgan fingerprint density at radius 2 is 2.06 bits per heavy atom. The van der Waals surface area contributed by atoms with Crippen molar-refractivity contribution in [3.63, 3.8) is 0 Å². The van der Waals surface area contributed by atoms with Crippen molar-refractivity contribution in [2.75, 3.05) is 26.2 Å². The number of aliphatic imine (C=N–C) groups is 1. The second-order valence-electron chi connectivity index (χ2n) is 8.72. The number of nitrogens with one attached hydrogen (secondary N) is 1. The molecule has 1 saturated heterocycles. The second kappa shape index (κ2) is 10.5. The van der Waals surface area contributed by atoms with Gasteiger partial charge in [-0.2, -0.15) is 5.10 Å². The minimum atomic E-state index is -0.673. The van der Waals surface area contributed by atoms with Crippen molar-refractivity contribution in [2.45, 2.75) is 25.9 Å². The topological polar surface area (TPSA) is 105 Å². The lowest BCUT2D eigenvalue weighted by Crippen LogP contribution is -2.37. The van der Waals surface area contributed by atoms with E-state index in [-0.39, 0.29) is 5.84 Å². The summed E-state index contributed by atoms with van der Waals surface area (Å²) in [6.07, 6.45) is 3.34. The first-order valence-electron chi connectivity index (χ1n) is 11.9. The molecule has 3 aromatic heterocycles. The molecule has 0 atom stereocenters. The maximum Gasteiger partial charge on any atom is 0.144 e. The molecule has 1 aliphatic heterocycles. The van der Waals surface area contributed by atoms with E-state index in [2.05, 4.69) is 15.0 Å². The molecule has 1 aromatic carbocycles. The summed E-state index contributed by atoms with van der Waals surface area (Å²) in [6, 6.07) is 13.7. The third-order valence-corrected chi connectivity index (χ3v) is 7.39. The number of piperidine rings is 1. The van der Waals surface area contributed by atoms with Crippen molar-refractivity contribution in [1.29, 1.82) is 5.41 Å². The van der Waals surface area contributed by atoms with E-state index in [1.54, 1.807) is 0 Å². The van der Waals surface area contributed by atoms with Crippen LogP contribution in [0.15, 0.2) is 53.7 Å². The number of nitrogens with two attached hydrogens (primary N) is 1. The lowest BCUT2D eigenvalue weighted by atomic mass is 10.1. The number of aryl methyl sites for hydroxylation is 1. The highest BCUT2D eigenvalue weighted by molar-refractivity contribution is 7.17. The molecule has 0 radical (unpaired) electrons. The number of rotatable bonds is 8. The number of benzene rings is 1. The van der Waals surface area contributed by atoms with Gasteiger partial charge in [0.05, 0.1) is 27.3 Å². The van der Waals surface area contributed by atoms with Crippen LogP contribution in [0.1, 0.15) is 23.4 Å². The van der Waals surface area contributed by atoms with Crippen molar-refractivity contribution < 1.29 is 9.13 Å². The first kappa shape index (κ1) is 24.1. The van der Waals surface area contributed by atoms with Gasteiger partial charge >= 0.3 is 0 Å². The Bertz CT molecular complexity index is 1390. The lowest BCUT2D eigenvalue weighted by molar-refractivity contribution is 0.132. The third-order valence-electron chi connectivity index (χ3n) is 6.30. The summed E-state index contributed by atoms with van der Waals surface area (Å²) in [5, 5.41) is 12.8. The van der Waals surface area contributed by atoms with Crippen LogP contribution >= 0.6 is 11.3 Å². The summed E-state index contributed by atoms with van der Waals surface area (Å²) < 4.78 is 21.3. The minimum absolute atomic E-state index is 0.252. The van der Waals surface area contributed by atoms with E-state index < -0.39 is 6.17 Å². The van der Waals surface area contributed by atoms with Crippen LogP contribution in [0.3, 0.4) is 0 Å². The average molecular weight is 506 g/mol. The number of fused-ring (bicyclic) bond motifs is 1. The van der Waals surface area contributed by atoms with Gasteiger partial charge in [0.15, 0.2) is 0 Å². The van der Waals surface area contributed by atoms with Gasteiger partial charge in [0, 0.05) is 37.5 Å². The highest BCUT2D eigenvalue weighted by Gasteiger charge is 2.22. The number of aromatic nitrogens is 3. The zero-order valence-corrected chi connectivity index (χ0v) is 20.8. The van der Waals surface area contributed by atoms with Crippen LogP contribution in [0.5, 0.6) is 5.75 Å². The quantitative estimate of drug-likeness (QED) is 0.270. The molecule has 4 aromatic rings. The summed E-state index contributed by atoms with van der Waals surface area (Å²) in [5.41, 5.74) is 10.5. The molecule has 0 saturated carbocycles. The van der Waals surface area contributed by atoms with Gasteiger partial charge in [-0.25, -0.2) is 18.9 Å². The number of amidine groups is 1. The standard InChI is InChI=1S/C26H28FN7OS/c1-17-22(26-31-23(18-5-3-2-4-6-18)24(36-26)25(29)30-16-28)21-15-20(9-12-34(21)32-17)35-14-13-33-10-7-19(27)8-11-33/h2-6,9,12,15-16,19H,7-8,10-11,13-14H2,1H3,(H3,28,29,30). The van der Waals surface area contributed by atoms with Crippen LogP contribution in [0.2, 0.25) is 0 Å². The van der Waals surface area contributed by atoms with Crippen molar-refractivity contribution >= 4 is 29.0 Å². The Morgan fingerprint density at radius 1 is 1.28 bits per heavy atom. The van der Waals surface area contributed by atoms with Gasteiger partial charge in [-0.1, -0.05) is 30.3 Å². The summed E-state index contributed by atoms with van der Waals surface area (Å²) in [5.74, 6) is 0.997. The van der Waals surface area contributed by atoms with Crippen LogP contribution < -0.4 is 10.5 Å². The fourth-order valence-corrected chi connectivity index (χ4v) is 5.54. The van der Waals surface area contributed by atoms with Gasteiger partial charge < -0.3 is 10.5 Å². The molecule has 1 aliphatic rings. The fraction of sp³-hybridized carbons (Fsp3) is 0.308. The summed E-state index contributed by atoms with van der Waals surface area (Å²) in [4.78, 5) is 11.9. The molecule has 186 valence electrons. The van der Waals surface area contributed by atoms with Crippen LogP contribution in [0.25, 0.3) is 27.3 Å². The lowest BCUT2D eigenvalue weighted by Gasteiger charge is -2.28. The Morgan fingerprint density at radius 3 is 2.81 bits per heavy atom. The first-order valence-corrected chi connectivity index (χ1v) is 12.7. The molecule has 10 heteroatoms. The number of halogens is 1. The van der Waals surface area contributed by atoms with Gasteiger partial charge in [0.25, 0.3) is 0 Å². The highest BCUT2D eigenvalue weighted by Crippen LogP contribution is 2.38. The fourth-order valence-electron chi connectivity index (χ4n) is 4.44. The summed E-state index contributed by atoms with van der Waals surface area (Å²) in [6.45, 7) is 4.80. The zero-order chi connectivity index (χ0) is 25.1. The van der Waals surface area contributed by atoms with Gasteiger partial charge in [-0.3, -0.25) is 10.3 Å². The number of likely N-dealkylation sites (tertiary alicyclic amines) is 1. The normalized spacial score (nSPS) is 15.4. The van der Waals surface area contributed by atoms with E-state index >= 15 is 0 Å². The van der Waals surface area contributed by atoms with E-state index in [0.29, 0.717) is 24.3 Å². The maximum atomic E-state index is 13.4. The average Bonchev–Trinajstić information content (AvgIpc) is 3.46. The SMILES string of the molecule is Cc1nn2ccc(OCCN3CCC(F)CC3)cc2c1-c1nc(-c2ccccc2)c(C(N)=NC=N)s1. The van der Waals surface area contributed by atoms with Crippen molar-refractivity contribution in [3.05, 3.63) is 59.2 Å². The van der Waals surface area contributed by atoms with Crippen LogP contribution in [0.4, 0.5) is 4.39 Å². The smallest absolute Gasteiger partial charge is 0.144 e. The molecule has 0 amide bonds. The van der Waals surface area contributed by atoms with Crippen LogP contribution in [-0.2, 0) is 0 Å². The molecule has 0 unspecified atom stereocenters. The minimum Gasteiger partial charge on any atom is -0.492 e. The maximum absolute atomic E-state index is 13.4. The summed E-state index contributed by atoms with van der Waals surface area (Å²) in [7, 11) is 0. The van der Waals surface area contributed by atoms with Crippen molar-refractivity contribution in [1.82, 2.24) is 19.5 Å². The largest absolute Gasteiger partial charge is 0.492 e. The molecule has 1 fully saturated rings. The van der Waals surface area contributed by atoms with Crippen molar-refractivity contribution in [3.8, 4) is 27.6 Å². The molecule has 8 nitrogen and oxygen atoms in total. The molecular formula is C26H28FN7OS. The van der Waals surface area contributed by atoms with E-state index in [4.69, 9.17) is 20.9 Å². The zero-order valence-electron chi connectivity index (χ0n) is 20.0. The Kier molecular flexibility index (Phi) is 7.06. The number of hydrogen-bond acceptors (Lipinski definition) is 6. The van der Waals surface area contributed by atoms with Crippen LogP contribution in [-0.4, -0.2) is 64.1 Å². The second-order valence-corrected chi connectivity index (χ2v) is 9.72. The monoisotopic (exact) mass is 505 g/mol. The van der Waals surface area contributed by atoms with Gasteiger partial charge in [0.2, 0.25) is 0 Å². The Hall–Kier alpha value is -3.63. The van der Waals surface area contributed by atoms with E-state index in [9.17, 15) is 4.39 Å². The van der Waals surface area contributed by atoms with E-state index in [1.807, 2.05) is 60.1 Å². The predicted octanol–water partition coefficient (Wildman–Crippen LogP) is 4.56. The van der Waals surface area contributed by atoms with Gasteiger partial charge in [-0.15, -0.1) is 11.3 Å². The first-order chi connectivity index (χ1) is 17.5. The third kappa shape index (κ3) is 5.00. The molecule has 4 heterocycles. The Labute approximate surface area is 212 Å². The number of ether oxygens (including phenoxy) is 1. The van der Waals surface area contributed by atoms with Gasteiger partial charge in [-0.05, 0) is 25.8 Å². The van der Waals surface area contributed by atoms with Gasteiger partial charge in [0.1, 0.15) is 35.7 Å². The summed E-state index contributed by atoms with van der Waals surface area (Å²) >= 11 is 1.43. The number of alkyl halides is 1. The number of thiazole rings is 1. The number of nitrogens with zero attached hydrogens (tertiary/aromatic N) is 5. The Balaban J connectivity index is 1.45. The molecular weight excluding hydrogens is 477 g/mol. The number of hydrogen-bond donors (Lipinski definition) is 2. The molecule has 0 aliphatic carbocycles. The van der Waals surface area contributed by atoms with E-state index in [0.717, 1.165) is 64.8 Å². The molecule has 36 heavy (non-hydrogen) atoms. The van der Waals surface area contributed by atoms with Crippen LogP contribution in [0, 0.1) is 12.3 Å².